The van der Waals surface area contributed by atoms with Gasteiger partial charge in [-0.2, -0.15) is 0 Å². The molecule has 3 aliphatic heterocycles. The normalized spacial score (nSPS) is 29.9. The highest BCUT2D eigenvalue weighted by Gasteiger charge is 2.44. The molecule has 24 heavy (non-hydrogen) atoms. The smallest absolute Gasteiger partial charge is 0.262 e. The van der Waals surface area contributed by atoms with Gasteiger partial charge in [-0.05, 0) is 12.8 Å². The van der Waals surface area contributed by atoms with E-state index in [1.165, 1.54) is 0 Å². The van der Waals surface area contributed by atoms with E-state index in [1.54, 1.807) is 9.80 Å². The number of carbonyl (C=O) groups is 2. The number of rotatable bonds is 2. The van der Waals surface area contributed by atoms with Crippen molar-refractivity contribution in [3.05, 3.63) is 0 Å². The van der Waals surface area contributed by atoms with Crippen molar-refractivity contribution in [2.45, 2.75) is 31.2 Å². The van der Waals surface area contributed by atoms with Gasteiger partial charge in [0.15, 0.2) is 0 Å². The van der Waals surface area contributed by atoms with Gasteiger partial charge >= 0.3 is 0 Å². The van der Waals surface area contributed by atoms with E-state index in [0.717, 1.165) is 12.8 Å². The number of amides is 2. The SMILES string of the molecule is Cl.O=C(C1CCCN(C(=O)C2CC(F)(F)CN2)C1)N1CCOCC1. The van der Waals surface area contributed by atoms with E-state index in [1.807, 2.05) is 0 Å². The Kier molecular flexibility index (Phi) is 6.39. The summed E-state index contributed by atoms with van der Waals surface area (Å²) in [7, 11) is 0. The summed E-state index contributed by atoms with van der Waals surface area (Å²) in [5.41, 5.74) is 0. The molecule has 0 radical (unpaired) electrons. The van der Waals surface area contributed by atoms with Gasteiger partial charge in [0.25, 0.3) is 5.92 Å². The number of halogens is 3. The zero-order chi connectivity index (χ0) is 16.4. The zero-order valence-corrected chi connectivity index (χ0v) is 14.3. The van der Waals surface area contributed by atoms with E-state index in [4.69, 9.17) is 4.74 Å². The number of alkyl halides is 2. The molecule has 3 heterocycles. The number of ether oxygens (including phenoxy) is 1. The fraction of sp³-hybridized carbons (Fsp3) is 0.867. The third-order valence-electron chi connectivity index (χ3n) is 4.81. The average molecular weight is 368 g/mol. The molecule has 3 rings (SSSR count). The van der Waals surface area contributed by atoms with Crippen LogP contribution in [0.2, 0.25) is 0 Å². The summed E-state index contributed by atoms with van der Waals surface area (Å²) in [5, 5.41) is 2.60. The number of likely N-dealkylation sites (tertiary alicyclic amines) is 1. The molecule has 1 N–H and O–H groups in total. The maximum absolute atomic E-state index is 13.3. The lowest BCUT2D eigenvalue weighted by atomic mass is 9.95. The van der Waals surface area contributed by atoms with Gasteiger partial charge in [0, 0.05) is 32.6 Å². The Morgan fingerprint density at radius 2 is 1.79 bits per heavy atom. The minimum absolute atomic E-state index is 0. The molecule has 6 nitrogen and oxygen atoms in total. The minimum atomic E-state index is -2.82. The first-order chi connectivity index (χ1) is 11.0. The van der Waals surface area contributed by atoms with Crippen molar-refractivity contribution >= 4 is 24.2 Å². The van der Waals surface area contributed by atoms with E-state index < -0.39 is 24.9 Å². The van der Waals surface area contributed by atoms with Crippen LogP contribution in [-0.4, -0.2) is 79.5 Å². The van der Waals surface area contributed by atoms with Gasteiger partial charge in [-0.25, -0.2) is 8.78 Å². The monoisotopic (exact) mass is 367 g/mol. The Morgan fingerprint density at radius 1 is 1.08 bits per heavy atom. The number of hydrogen-bond acceptors (Lipinski definition) is 4. The molecule has 2 unspecified atom stereocenters. The van der Waals surface area contributed by atoms with Crippen LogP contribution in [-0.2, 0) is 14.3 Å². The first-order valence-corrected chi connectivity index (χ1v) is 8.23. The van der Waals surface area contributed by atoms with E-state index in [2.05, 4.69) is 5.32 Å². The highest BCUT2D eigenvalue weighted by atomic mass is 35.5. The first kappa shape index (κ1) is 19.3. The third kappa shape index (κ3) is 4.34. The van der Waals surface area contributed by atoms with Crippen molar-refractivity contribution in [2.75, 3.05) is 45.9 Å². The quantitative estimate of drug-likeness (QED) is 0.772. The van der Waals surface area contributed by atoms with Crippen LogP contribution in [0.1, 0.15) is 19.3 Å². The standard InChI is InChI=1S/C15H23F2N3O3.ClH/c16-15(17)8-12(18-10-15)14(22)20-3-1-2-11(9-20)13(21)19-4-6-23-7-5-19;/h11-12,18H,1-10H2;1H. The van der Waals surface area contributed by atoms with Gasteiger partial charge in [0.1, 0.15) is 0 Å². The topological polar surface area (TPSA) is 61.9 Å². The maximum Gasteiger partial charge on any atom is 0.262 e. The lowest BCUT2D eigenvalue weighted by molar-refractivity contribution is -0.144. The number of hydrogen-bond donors (Lipinski definition) is 1. The lowest BCUT2D eigenvalue weighted by Gasteiger charge is -2.37. The second kappa shape index (κ2) is 7.93. The van der Waals surface area contributed by atoms with Gasteiger partial charge in [-0.15, -0.1) is 12.4 Å². The summed E-state index contributed by atoms with van der Waals surface area (Å²) < 4.78 is 31.8. The van der Waals surface area contributed by atoms with E-state index in [9.17, 15) is 18.4 Å². The zero-order valence-electron chi connectivity index (χ0n) is 13.5. The van der Waals surface area contributed by atoms with Crippen LogP contribution in [0.5, 0.6) is 0 Å². The van der Waals surface area contributed by atoms with Gasteiger partial charge in [0.2, 0.25) is 11.8 Å². The predicted molar refractivity (Wildman–Crippen MR) is 85.3 cm³/mol. The average Bonchev–Trinajstić information content (AvgIpc) is 2.94. The molecule has 0 aromatic rings. The molecule has 3 aliphatic rings. The Morgan fingerprint density at radius 3 is 2.42 bits per heavy atom. The van der Waals surface area contributed by atoms with Crippen molar-refractivity contribution in [3.63, 3.8) is 0 Å². The van der Waals surface area contributed by atoms with Crippen molar-refractivity contribution in [3.8, 4) is 0 Å². The summed E-state index contributed by atoms with van der Waals surface area (Å²) in [4.78, 5) is 28.3. The molecule has 2 atom stereocenters. The molecular formula is C15H24ClF2N3O3. The molecule has 2 amide bonds. The highest BCUT2D eigenvalue weighted by molar-refractivity contribution is 5.85. The van der Waals surface area contributed by atoms with Crippen LogP contribution >= 0.6 is 12.4 Å². The molecule has 0 saturated carbocycles. The molecule has 0 aliphatic carbocycles. The van der Waals surface area contributed by atoms with Crippen LogP contribution in [0.3, 0.4) is 0 Å². The summed E-state index contributed by atoms with van der Waals surface area (Å²) in [6.45, 7) is 2.67. The first-order valence-electron chi connectivity index (χ1n) is 8.23. The summed E-state index contributed by atoms with van der Waals surface area (Å²) in [5.74, 6) is -3.30. The van der Waals surface area contributed by atoms with Crippen molar-refractivity contribution in [1.29, 1.82) is 0 Å². The van der Waals surface area contributed by atoms with Crippen LogP contribution in [0.25, 0.3) is 0 Å². The van der Waals surface area contributed by atoms with Crippen molar-refractivity contribution < 1.29 is 23.1 Å². The summed E-state index contributed by atoms with van der Waals surface area (Å²) in [6.07, 6.45) is 1.02. The van der Waals surface area contributed by atoms with Crippen LogP contribution in [0, 0.1) is 5.92 Å². The van der Waals surface area contributed by atoms with Gasteiger partial charge in [-0.3, -0.25) is 14.9 Å². The fourth-order valence-electron chi connectivity index (χ4n) is 3.53. The number of carbonyl (C=O) groups excluding carboxylic acids is 2. The Labute approximate surface area is 146 Å². The number of piperidine rings is 1. The molecule has 3 saturated heterocycles. The molecule has 0 aromatic carbocycles. The highest BCUT2D eigenvalue weighted by Crippen LogP contribution is 2.27. The molecule has 0 aromatic heterocycles. The van der Waals surface area contributed by atoms with Crippen molar-refractivity contribution in [1.82, 2.24) is 15.1 Å². The second-order valence-corrected chi connectivity index (χ2v) is 6.55. The predicted octanol–water partition coefficient (Wildman–Crippen LogP) is 0.503. The van der Waals surface area contributed by atoms with E-state index in [0.29, 0.717) is 39.4 Å². The molecule has 138 valence electrons. The van der Waals surface area contributed by atoms with Crippen molar-refractivity contribution in [2.24, 2.45) is 5.92 Å². The molecule has 0 bridgehead atoms. The van der Waals surface area contributed by atoms with Crippen LogP contribution < -0.4 is 5.32 Å². The Bertz CT molecular complexity index is 475. The van der Waals surface area contributed by atoms with Crippen LogP contribution in [0.15, 0.2) is 0 Å². The van der Waals surface area contributed by atoms with Gasteiger partial charge < -0.3 is 14.5 Å². The minimum Gasteiger partial charge on any atom is -0.378 e. The number of nitrogens with one attached hydrogen (secondary N) is 1. The summed E-state index contributed by atoms with van der Waals surface area (Å²) in [6, 6.07) is -0.831. The number of nitrogens with zero attached hydrogens (tertiary/aromatic N) is 2. The molecule has 0 spiro atoms. The lowest BCUT2D eigenvalue weighted by Crippen LogP contribution is -2.52. The van der Waals surface area contributed by atoms with Gasteiger partial charge in [-0.1, -0.05) is 0 Å². The Balaban J connectivity index is 0.00000208. The van der Waals surface area contributed by atoms with Gasteiger partial charge in [0.05, 0.1) is 31.7 Å². The Hall–Kier alpha value is -0.990. The molecule has 3 fully saturated rings. The van der Waals surface area contributed by atoms with E-state index in [-0.39, 0.29) is 30.1 Å². The second-order valence-electron chi connectivity index (χ2n) is 6.55. The van der Waals surface area contributed by atoms with E-state index >= 15 is 0 Å². The third-order valence-corrected chi connectivity index (χ3v) is 4.81. The van der Waals surface area contributed by atoms with Crippen LogP contribution in [0.4, 0.5) is 8.78 Å². The maximum atomic E-state index is 13.3. The molecular weight excluding hydrogens is 344 g/mol. The largest absolute Gasteiger partial charge is 0.378 e. The number of morpholine rings is 1. The summed E-state index contributed by atoms with van der Waals surface area (Å²) >= 11 is 0. The fourth-order valence-corrected chi connectivity index (χ4v) is 3.53. The molecule has 9 heteroatoms.